The van der Waals surface area contributed by atoms with Gasteiger partial charge in [-0.25, -0.2) is 4.98 Å². The highest BCUT2D eigenvalue weighted by atomic mass is 16.3. The van der Waals surface area contributed by atoms with Crippen molar-refractivity contribution in [2.24, 2.45) is 5.73 Å². The third-order valence-corrected chi connectivity index (χ3v) is 1.09. The second-order valence-corrected chi connectivity index (χ2v) is 1.90. The number of aromatic hydroxyl groups is 1. The van der Waals surface area contributed by atoms with E-state index in [1.54, 1.807) is 0 Å². The second kappa shape index (κ2) is 3.12. The number of hydrogen-bond acceptors (Lipinski definition) is 4. The topological polar surface area (TPSA) is 72.0 Å². The molecule has 0 saturated heterocycles. The van der Waals surface area contributed by atoms with Crippen LogP contribution in [0.15, 0.2) is 12.4 Å². The maximum Gasteiger partial charge on any atom is 0.229 e. The fraction of sp³-hybridized carbons (Fsp3) is 0.333. The van der Waals surface area contributed by atoms with Gasteiger partial charge in [-0.15, -0.1) is 0 Å². The first kappa shape index (κ1) is 6.95. The predicted molar refractivity (Wildman–Crippen MR) is 36.5 cm³/mol. The first-order valence-corrected chi connectivity index (χ1v) is 3.03. The standard InChI is InChI=1S/C6H9N3O/c7-2-1-5-3-9-6(10)4-8-5/h3-4H,1-2,7H2,(H,9,10). The van der Waals surface area contributed by atoms with Gasteiger partial charge in [-0.05, 0) is 6.54 Å². The van der Waals surface area contributed by atoms with Crippen LogP contribution in [0.5, 0.6) is 5.88 Å². The van der Waals surface area contributed by atoms with Crippen molar-refractivity contribution in [3.8, 4) is 5.88 Å². The van der Waals surface area contributed by atoms with Crippen LogP contribution < -0.4 is 5.73 Å². The Morgan fingerprint density at radius 1 is 1.40 bits per heavy atom. The normalized spacial score (nSPS) is 9.70. The summed E-state index contributed by atoms with van der Waals surface area (Å²) in [5.74, 6) is -0.0548. The Labute approximate surface area is 58.7 Å². The summed E-state index contributed by atoms with van der Waals surface area (Å²) in [5, 5.41) is 8.72. The van der Waals surface area contributed by atoms with Crippen molar-refractivity contribution in [3.63, 3.8) is 0 Å². The van der Waals surface area contributed by atoms with Crippen molar-refractivity contribution in [1.82, 2.24) is 9.97 Å². The van der Waals surface area contributed by atoms with Crippen molar-refractivity contribution < 1.29 is 5.11 Å². The SMILES string of the molecule is NCCc1cnc(O)cn1. The van der Waals surface area contributed by atoms with E-state index in [1.807, 2.05) is 0 Å². The monoisotopic (exact) mass is 139 g/mol. The summed E-state index contributed by atoms with van der Waals surface area (Å²) in [6, 6.07) is 0. The molecule has 0 aliphatic rings. The summed E-state index contributed by atoms with van der Waals surface area (Å²) in [7, 11) is 0. The molecule has 1 heterocycles. The molecule has 0 aliphatic carbocycles. The zero-order valence-electron chi connectivity index (χ0n) is 5.49. The van der Waals surface area contributed by atoms with E-state index in [1.165, 1.54) is 12.4 Å². The molecule has 1 rings (SSSR count). The number of hydrogen-bond donors (Lipinski definition) is 2. The van der Waals surface area contributed by atoms with E-state index in [2.05, 4.69) is 9.97 Å². The van der Waals surface area contributed by atoms with E-state index < -0.39 is 0 Å². The highest BCUT2D eigenvalue weighted by Gasteiger charge is 1.92. The molecule has 0 saturated carbocycles. The Balaban J connectivity index is 2.69. The lowest BCUT2D eigenvalue weighted by Gasteiger charge is -1.94. The summed E-state index contributed by atoms with van der Waals surface area (Å²) in [6.45, 7) is 0.555. The molecular weight excluding hydrogens is 130 g/mol. The van der Waals surface area contributed by atoms with Crippen LogP contribution >= 0.6 is 0 Å². The van der Waals surface area contributed by atoms with Crippen LogP contribution in [-0.4, -0.2) is 21.6 Å². The number of aromatic nitrogens is 2. The second-order valence-electron chi connectivity index (χ2n) is 1.90. The van der Waals surface area contributed by atoms with Gasteiger partial charge < -0.3 is 10.8 Å². The van der Waals surface area contributed by atoms with E-state index in [9.17, 15) is 0 Å². The quantitative estimate of drug-likeness (QED) is 0.589. The Morgan fingerprint density at radius 2 is 2.20 bits per heavy atom. The lowest BCUT2D eigenvalue weighted by Crippen LogP contribution is -2.04. The van der Waals surface area contributed by atoms with Gasteiger partial charge in [0.25, 0.3) is 0 Å². The van der Waals surface area contributed by atoms with E-state index >= 15 is 0 Å². The van der Waals surface area contributed by atoms with Gasteiger partial charge in [-0.1, -0.05) is 0 Å². The highest BCUT2D eigenvalue weighted by molar-refractivity contribution is 5.05. The Morgan fingerprint density at radius 3 is 2.70 bits per heavy atom. The number of nitrogens with two attached hydrogens (primary N) is 1. The van der Waals surface area contributed by atoms with Crippen LogP contribution in [0.25, 0.3) is 0 Å². The average molecular weight is 139 g/mol. The molecule has 4 nitrogen and oxygen atoms in total. The first-order valence-electron chi connectivity index (χ1n) is 3.03. The molecule has 54 valence electrons. The van der Waals surface area contributed by atoms with E-state index in [0.29, 0.717) is 13.0 Å². The Kier molecular flexibility index (Phi) is 2.17. The summed E-state index contributed by atoms with van der Waals surface area (Å²) in [6.07, 6.45) is 3.53. The van der Waals surface area contributed by atoms with Gasteiger partial charge in [-0.3, -0.25) is 4.98 Å². The van der Waals surface area contributed by atoms with Crippen molar-refractivity contribution in [1.29, 1.82) is 0 Å². The van der Waals surface area contributed by atoms with Gasteiger partial charge in [-0.2, -0.15) is 0 Å². The van der Waals surface area contributed by atoms with Crippen molar-refractivity contribution in [3.05, 3.63) is 18.1 Å². The van der Waals surface area contributed by atoms with Gasteiger partial charge in [0.2, 0.25) is 5.88 Å². The van der Waals surface area contributed by atoms with Gasteiger partial charge in [0, 0.05) is 6.42 Å². The van der Waals surface area contributed by atoms with E-state index in [-0.39, 0.29) is 5.88 Å². The highest BCUT2D eigenvalue weighted by Crippen LogP contribution is 1.99. The lowest BCUT2D eigenvalue weighted by atomic mass is 10.3. The summed E-state index contributed by atoms with van der Waals surface area (Å²) >= 11 is 0. The minimum absolute atomic E-state index is 0.0548. The Bertz CT molecular complexity index is 197. The fourth-order valence-electron chi connectivity index (χ4n) is 0.625. The van der Waals surface area contributed by atoms with Crippen molar-refractivity contribution in [2.45, 2.75) is 6.42 Å². The van der Waals surface area contributed by atoms with Crippen LogP contribution in [0, 0.1) is 0 Å². The molecule has 0 atom stereocenters. The third kappa shape index (κ3) is 1.66. The predicted octanol–water partition coefficient (Wildman–Crippen LogP) is -0.317. The van der Waals surface area contributed by atoms with Crippen LogP contribution in [0.3, 0.4) is 0 Å². The number of nitrogens with zero attached hydrogens (tertiary/aromatic N) is 2. The van der Waals surface area contributed by atoms with Gasteiger partial charge >= 0.3 is 0 Å². The molecule has 0 aliphatic heterocycles. The molecule has 10 heavy (non-hydrogen) atoms. The van der Waals surface area contributed by atoms with Crippen LogP contribution in [0.1, 0.15) is 5.69 Å². The molecule has 0 radical (unpaired) electrons. The maximum atomic E-state index is 8.72. The largest absolute Gasteiger partial charge is 0.492 e. The molecular formula is C6H9N3O. The number of rotatable bonds is 2. The molecule has 0 spiro atoms. The van der Waals surface area contributed by atoms with E-state index in [4.69, 9.17) is 10.8 Å². The smallest absolute Gasteiger partial charge is 0.229 e. The van der Waals surface area contributed by atoms with Crippen LogP contribution in [0.2, 0.25) is 0 Å². The molecule has 1 aromatic rings. The summed E-state index contributed by atoms with van der Waals surface area (Å²) < 4.78 is 0. The molecule has 3 N–H and O–H groups in total. The summed E-state index contributed by atoms with van der Waals surface area (Å²) in [4.78, 5) is 7.51. The molecule has 0 unspecified atom stereocenters. The minimum atomic E-state index is -0.0548. The molecule has 1 aromatic heterocycles. The first-order chi connectivity index (χ1) is 4.83. The third-order valence-electron chi connectivity index (χ3n) is 1.09. The van der Waals surface area contributed by atoms with Crippen LogP contribution in [0.4, 0.5) is 0 Å². The molecule has 0 bridgehead atoms. The minimum Gasteiger partial charge on any atom is -0.492 e. The van der Waals surface area contributed by atoms with E-state index in [0.717, 1.165) is 5.69 Å². The lowest BCUT2D eigenvalue weighted by molar-refractivity contribution is 0.449. The van der Waals surface area contributed by atoms with Gasteiger partial charge in [0.1, 0.15) is 0 Å². The molecule has 0 fully saturated rings. The zero-order chi connectivity index (χ0) is 7.40. The molecule has 0 aromatic carbocycles. The summed E-state index contributed by atoms with van der Waals surface area (Å²) in [5.41, 5.74) is 6.07. The molecule has 0 amide bonds. The zero-order valence-corrected chi connectivity index (χ0v) is 5.49. The maximum absolute atomic E-state index is 8.72. The fourth-order valence-corrected chi connectivity index (χ4v) is 0.625. The van der Waals surface area contributed by atoms with Gasteiger partial charge in [0.05, 0.1) is 18.1 Å². The van der Waals surface area contributed by atoms with Crippen LogP contribution in [-0.2, 0) is 6.42 Å². The van der Waals surface area contributed by atoms with Crippen molar-refractivity contribution >= 4 is 0 Å². The Hall–Kier alpha value is -1.16. The van der Waals surface area contributed by atoms with Gasteiger partial charge in [0.15, 0.2) is 0 Å². The average Bonchev–Trinajstić information content (AvgIpc) is 1.95. The molecule has 4 heteroatoms. The van der Waals surface area contributed by atoms with Crippen molar-refractivity contribution in [2.75, 3.05) is 6.54 Å².